The molecule has 1 saturated heterocycles. The minimum atomic E-state index is -0.181. The van der Waals surface area contributed by atoms with Crippen LogP contribution in [-0.2, 0) is 4.79 Å². The lowest BCUT2D eigenvalue weighted by atomic mass is 9.93. The summed E-state index contributed by atoms with van der Waals surface area (Å²) in [6.07, 6.45) is 12.1. The van der Waals surface area contributed by atoms with Gasteiger partial charge in [0.1, 0.15) is 11.4 Å². The largest absolute Gasteiger partial charge is 0.488 e. The molecule has 3 aliphatic rings. The van der Waals surface area contributed by atoms with Crippen molar-refractivity contribution >= 4 is 11.6 Å². The van der Waals surface area contributed by atoms with Crippen LogP contribution in [0.1, 0.15) is 42.0 Å². The van der Waals surface area contributed by atoms with Crippen molar-refractivity contribution in [2.75, 3.05) is 24.5 Å². The Morgan fingerprint density at radius 1 is 1.29 bits per heavy atom. The zero-order valence-corrected chi connectivity index (χ0v) is 19.3. The molecule has 2 unspecified atom stereocenters. The van der Waals surface area contributed by atoms with Gasteiger partial charge in [0.25, 0.3) is 0 Å². The average Bonchev–Trinajstić information content (AvgIpc) is 3.15. The summed E-state index contributed by atoms with van der Waals surface area (Å²) in [5.41, 5.74) is 2.30. The first-order valence-electron chi connectivity index (χ1n) is 11.7. The quantitative estimate of drug-likeness (QED) is 0.600. The molecule has 0 bridgehead atoms. The third-order valence-corrected chi connectivity index (χ3v) is 6.67. The first kappa shape index (κ1) is 21.7. The number of fused-ring (bicyclic) bond motifs is 1. The lowest BCUT2D eigenvalue weighted by Crippen LogP contribution is -2.27. The Labute approximate surface area is 188 Å². The summed E-state index contributed by atoms with van der Waals surface area (Å²) in [5, 5.41) is 3.07. The molecule has 1 aliphatic heterocycles. The molecule has 168 valence electrons. The predicted octanol–water partition coefficient (Wildman–Crippen LogP) is 5.38. The van der Waals surface area contributed by atoms with E-state index in [9.17, 15) is 4.79 Å². The monoisotopic (exact) mass is 422 g/mol. The van der Waals surface area contributed by atoms with Crippen molar-refractivity contribution < 1.29 is 11.0 Å². The Hall–Kier alpha value is -2.49. The number of carbonyl (C=O) groups excluding carboxylic acids is 1. The van der Waals surface area contributed by atoms with Gasteiger partial charge in [0.15, 0.2) is 0 Å². The van der Waals surface area contributed by atoms with Gasteiger partial charge in [-0.1, -0.05) is 37.3 Å². The SMILES string of the molecule is CC1CC=CC=C1/C=C/C(=O)NCCC1[C@H]2CN(c3cccc(OC(C)(C)C)c3)C[C@@H]12.[HH]. The molecule has 1 N–H and O–H groups in total. The highest BCUT2D eigenvalue weighted by atomic mass is 16.5. The van der Waals surface area contributed by atoms with Gasteiger partial charge in [0, 0.05) is 38.9 Å². The minimum absolute atomic E-state index is 0. The van der Waals surface area contributed by atoms with Crippen molar-refractivity contribution in [2.24, 2.45) is 23.7 Å². The number of anilines is 1. The number of rotatable bonds is 7. The van der Waals surface area contributed by atoms with E-state index >= 15 is 0 Å². The molecule has 1 heterocycles. The van der Waals surface area contributed by atoms with Gasteiger partial charge in [-0.3, -0.25) is 4.79 Å². The molecule has 0 aromatic heterocycles. The normalized spacial score (nSPS) is 27.2. The van der Waals surface area contributed by atoms with E-state index in [1.165, 1.54) is 11.3 Å². The van der Waals surface area contributed by atoms with Gasteiger partial charge in [-0.25, -0.2) is 0 Å². The van der Waals surface area contributed by atoms with Crippen LogP contribution in [0.2, 0.25) is 0 Å². The summed E-state index contributed by atoms with van der Waals surface area (Å²) in [6, 6.07) is 8.46. The van der Waals surface area contributed by atoms with Crippen LogP contribution in [0.5, 0.6) is 5.75 Å². The van der Waals surface area contributed by atoms with Crippen LogP contribution in [0.3, 0.4) is 0 Å². The van der Waals surface area contributed by atoms with E-state index in [2.05, 4.69) is 74.3 Å². The lowest BCUT2D eigenvalue weighted by molar-refractivity contribution is -0.116. The van der Waals surface area contributed by atoms with Crippen LogP contribution in [0, 0.1) is 23.7 Å². The number of hydrogen-bond acceptors (Lipinski definition) is 3. The molecule has 4 nitrogen and oxygen atoms in total. The van der Waals surface area contributed by atoms with Crippen LogP contribution < -0.4 is 15.0 Å². The number of nitrogens with one attached hydrogen (secondary N) is 1. The van der Waals surface area contributed by atoms with Gasteiger partial charge >= 0.3 is 0 Å². The summed E-state index contributed by atoms with van der Waals surface area (Å²) in [4.78, 5) is 14.6. The second-order valence-corrected chi connectivity index (χ2v) is 10.3. The fraction of sp³-hybridized carbons (Fsp3) is 0.519. The third kappa shape index (κ3) is 5.61. The molecule has 31 heavy (non-hydrogen) atoms. The Balaban J connectivity index is 0.00000289. The standard InChI is InChI=1S/C27H36N2O2.H2/c1-19-8-5-6-9-20(19)12-13-26(30)28-15-14-23-24-17-29(18-25(23)24)21-10-7-11-22(16-21)31-27(2,3)4;/h5-7,9-13,16,19,23-25H,8,14-15,17-18H2,1-4H3,(H,28,30);1H/b13-12+;/t19?,23?,24-,25+;. The number of nitrogens with zero attached hydrogens (tertiary/aromatic N) is 1. The van der Waals surface area contributed by atoms with Crippen LogP contribution in [0.4, 0.5) is 5.69 Å². The third-order valence-electron chi connectivity index (χ3n) is 6.67. The highest BCUT2D eigenvalue weighted by Crippen LogP contribution is 2.54. The topological polar surface area (TPSA) is 41.6 Å². The van der Waals surface area contributed by atoms with Crippen LogP contribution in [0.15, 0.2) is 60.2 Å². The maximum atomic E-state index is 12.1. The van der Waals surface area contributed by atoms with E-state index in [4.69, 9.17) is 4.74 Å². The average molecular weight is 423 g/mol. The van der Waals surface area contributed by atoms with Crippen LogP contribution >= 0.6 is 0 Å². The van der Waals surface area contributed by atoms with E-state index < -0.39 is 0 Å². The second kappa shape index (κ2) is 8.94. The molecule has 1 aromatic carbocycles. The van der Waals surface area contributed by atoms with Gasteiger partial charge in [-0.15, -0.1) is 0 Å². The summed E-state index contributed by atoms with van der Waals surface area (Å²) < 4.78 is 6.02. The molecule has 1 amide bonds. The number of allylic oxidation sites excluding steroid dienone is 5. The number of piperidine rings is 1. The molecule has 4 atom stereocenters. The lowest BCUT2D eigenvalue weighted by Gasteiger charge is -2.25. The predicted molar refractivity (Wildman–Crippen MR) is 129 cm³/mol. The molecule has 2 aliphatic carbocycles. The summed E-state index contributed by atoms with van der Waals surface area (Å²) in [6.45, 7) is 11.4. The van der Waals surface area contributed by atoms with Gasteiger partial charge in [0.05, 0.1) is 0 Å². The highest BCUT2D eigenvalue weighted by Gasteiger charge is 2.54. The van der Waals surface area contributed by atoms with E-state index in [0.717, 1.165) is 56.0 Å². The first-order chi connectivity index (χ1) is 14.8. The van der Waals surface area contributed by atoms with Gasteiger partial charge in [-0.2, -0.15) is 0 Å². The molecule has 2 fully saturated rings. The van der Waals surface area contributed by atoms with Crippen molar-refractivity contribution in [3.63, 3.8) is 0 Å². The van der Waals surface area contributed by atoms with Crippen molar-refractivity contribution in [2.45, 2.75) is 46.1 Å². The van der Waals surface area contributed by atoms with Crippen molar-refractivity contribution in [3.05, 3.63) is 60.2 Å². The van der Waals surface area contributed by atoms with E-state index in [1.54, 1.807) is 6.08 Å². The maximum Gasteiger partial charge on any atom is 0.243 e. The Bertz CT molecular complexity index is 887. The number of benzene rings is 1. The second-order valence-electron chi connectivity index (χ2n) is 10.3. The number of ether oxygens (including phenoxy) is 1. The van der Waals surface area contributed by atoms with Crippen molar-refractivity contribution in [1.82, 2.24) is 5.32 Å². The molecule has 0 radical (unpaired) electrons. The summed E-state index contributed by atoms with van der Waals surface area (Å²) >= 11 is 0. The number of carbonyl (C=O) groups is 1. The smallest absolute Gasteiger partial charge is 0.243 e. The zero-order valence-electron chi connectivity index (χ0n) is 19.3. The van der Waals surface area contributed by atoms with Crippen molar-refractivity contribution in [1.29, 1.82) is 0 Å². The molecular weight excluding hydrogens is 384 g/mol. The zero-order chi connectivity index (χ0) is 22.0. The fourth-order valence-corrected chi connectivity index (χ4v) is 4.96. The van der Waals surface area contributed by atoms with Crippen LogP contribution in [-0.4, -0.2) is 31.1 Å². The molecule has 1 saturated carbocycles. The van der Waals surface area contributed by atoms with Gasteiger partial charge < -0.3 is 15.0 Å². The number of hydrogen-bond donors (Lipinski definition) is 1. The molecule has 0 spiro atoms. The van der Waals surface area contributed by atoms with E-state index in [-0.39, 0.29) is 12.9 Å². The molecule has 1 aromatic rings. The Morgan fingerprint density at radius 2 is 2.06 bits per heavy atom. The minimum Gasteiger partial charge on any atom is -0.488 e. The molecule has 4 rings (SSSR count). The Morgan fingerprint density at radius 3 is 2.77 bits per heavy atom. The summed E-state index contributed by atoms with van der Waals surface area (Å²) in [7, 11) is 0. The molecular formula is C27H38N2O2. The van der Waals surface area contributed by atoms with Crippen LogP contribution in [0.25, 0.3) is 0 Å². The molecule has 4 heteroatoms. The fourth-order valence-electron chi connectivity index (χ4n) is 4.96. The highest BCUT2D eigenvalue weighted by molar-refractivity contribution is 5.87. The van der Waals surface area contributed by atoms with Crippen molar-refractivity contribution in [3.8, 4) is 5.75 Å². The Kier molecular flexibility index (Phi) is 6.27. The van der Waals surface area contributed by atoms with E-state index in [1.807, 2.05) is 12.1 Å². The number of amides is 1. The van der Waals surface area contributed by atoms with Gasteiger partial charge in [0.2, 0.25) is 5.91 Å². The first-order valence-corrected chi connectivity index (χ1v) is 11.7. The maximum absolute atomic E-state index is 12.1. The van der Waals surface area contributed by atoms with Gasteiger partial charge in [-0.05, 0) is 75.0 Å². The van der Waals surface area contributed by atoms with E-state index in [0.29, 0.717) is 5.92 Å². The summed E-state index contributed by atoms with van der Waals surface area (Å²) in [5.74, 6) is 3.72.